The van der Waals surface area contributed by atoms with Crippen molar-refractivity contribution in [2.24, 2.45) is 0 Å². The number of aliphatic hydroxyl groups excluding tert-OH is 1. The number of carbonyl (C=O) groups excluding carboxylic acids is 1. The monoisotopic (exact) mass is 306 g/mol. The van der Waals surface area contributed by atoms with Crippen LogP contribution in [0, 0.1) is 0 Å². The summed E-state index contributed by atoms with van der Waals surface area (Å²) in [5.41, 5.74) is 3.05. The molecule has 1 heterocycles. The number of aliphatic hydroxyl groups is 1. The van der Waals surface area contributed by atoms with Crippen LogP contribution in [-0.4, -0.2) is 42.7 Å². The van der Waals surface area contributed by atoms with Crippen LogP contribution in [0.25, 0.3) is 0 Å². The molecule has 4 nitrogen and oxygen atoms in total. The molecular weight excluding hydrogens is 284 g/mol. The highest BCUT2D eigenvalue weighted by Crippen LogP contribution is 2.22. The van der Waals surface area contributed by atoms with Gasteiger partial charge in [-0.3, -0.25) is 4.79 Å². The summed E-state index contributed by atoms with van der Waals surface area (Å²) in [5, 5.41) is 11.8. The second-order valence-electron chi connectivity index (χ2n) is 5.10. The topological polar surface area (TPSA) is 52.6 Å². The highest BCUT2D eigenvalue weighted by molar-refractivity contribution is 7.99. The lowest BCUT2D eigenvalue weighted by Crippen LogP contribution is -2.21. The number of benzene rings is 1. The molecule has 114 valence electrons. The van der Waals surface area contributed by atoms with Crippen molar-refractivity contribution in [2.75, 3.05) is 41.9 Å². The molecule has 1 aliphatic heterocycles. The summed E-state index contributed by atoms with van der Waals surface area (Å²) in [6.07, 6.45) is 3.78. The first-order valence-corrected chi connectivity index (χ1v) is 8.35. The van der Waals surface area contributed by atoms with E-state index in [0.717, 1.165) is 35.7 Å². The summed E-state index contributed by atoms with van der Waals surface area (Å²) in [7, 11) is 1.93. The van der Waals surface area contributed by atoms with Crippen molar-refractivity contribution in [1.82, 2.24) is 0 Å². The van der Waals surface area contributed by atoms with Gasteiger partial charge in [-0.2, -0.15) is 11.8 Å². The Morgan fingerprint density at radius 3 is 2.62 bits per heavy atom. The van der Waals surface area contributed by atoms with E-state index in [1.165, 1.54) is 5.57 Å². The van der Waals surface area contributed by atoms with Crippen molar-refractivity contribution in [3.63, 3.8) is 0 Å². The Balaban J connectivity index is 1.92. The Kier molecular flexibility index (Phi) is 6.14. The molecule has 5 heteroatoms. The van der Waals surface area contributed by atoms with Crippen LogP contribution in [-0.2, 0) is 4.79 Å². The minimum Gasteiger partial charge on any atom is -0.395 e. The van der Waals surface area contributed by atoms with Gasteiger partial charge in [-0.05, 0) is 48.6 Å². The SMILES string of the molecule is CN(CCO)c1ccc(NC(=O)C=C2CCSCC2)cc1. The number of anilines is 2. The van der Waals surface area contributed by atoms with Gasteiger partial charge in [0.15, 0.2) is 0 Å². The molecule has 0 bridgehead atoms. The second kappa shape index (κ2) is 8.10. The van der Waals surface area contributed by atoms with Crippen LogP contribution in [0.1, 0.15) is 12.8 Å². The number of nitrogens with zero attached hydrogens (tertiary/aromatic N) is 1. The Morgan fingerprint density at radius 2 is 2.00 bits per heavy atom. The average Bonchev–Trinajstić information content (AvgIpc) is 2.49. The molecule has 1 fully saturated rings. The Hall–Kier alpha value is -1.46. The van der Waals surface area contributed by atoms with Crippen molar-refractivity contribution < 1.29 is 9.90 Å². The lowest BCUT2D eigenvalue weighted by molar-refractivity contribution is -0.112. The van der Waals surface area contributed by atoms with Crippen LogP contribution in [0.3, 0.4) is 0 Å². The smallest absolute Gasteiger partial charge is 0.248 e. The van der Waals surface area contributed by atoms with Gasteiger partial charge in [-0.15, -0.1) is 0 Å². The molecule has 0 saturated carbocycles. The molecule has 0 unspecified atom stereocenters. The molecule has 1 amide bonds. The van der Waals surface area contributed by atoms with Crippen LogP contribution in [0.15, 0.2) is 35.9 Å². The molecule has 0 spiro atoms. The van der Waals surface area contributed by atoms with Crippen LogP contribution >= 0.6 is 11.8 Å². The van der Waals surface area contributed by atoms with Gasteiger partial charge in [-0.1, -0.05) is 5.57 Å². The van der Waals surface area contributed by atoms with Gasteiger partial charge in [0, 0.05) is 31.0 Å². The maximum atomic E-state index is 12.0. The summed E-state index contributed by atoms with van der Waals surface area (Å²) < 4.78 is 0. The van der Waals surface area contributed by atoms with E-state index in [0.29, 0.717) is 6.54 Å². The zero-order chi connectivity index (χ0) is 15.1. The molecule has 1 aliphatic rings. The van der Waals surface area contributed by atoms with E-state index in [-0.39, 0.29) is 12.5 Å². The number of hydrogen-bond donors (Lipinski definition) is 2. The molecule has 21 heavy (non-hydrogen) atoms. The lowest BCUT2D eigenvalue weighted by Gasteiger charge is -2.18. The molecule has 1 aromatic carbocycles. The van der Waals surface area contributed by atoms with Crippen LogP contribution in [0.5, 0.6) is 0 Å². The molecular formula is C16H22N2O2S. The average molecular weight is 306 g/mol. The minimum absolute atomic E-state index is 0.0478. The Bertz CT molecular complexity index is 492. The van der Waals surface area contributed by atoms with Crippen molar-refractivity contribution in [3.8, 4) is 0 Å². The van der Waals surface area contributed by atoms with Gasteiger partial charge in [0.05, 0.1) is 6.61 Å². The van der Waals surface area contributed by atoms with E-state index in [9.17, 15) is 4.79 Å². The first-order chi connectivity index (χ1) is 10.2. The number of hydrogen-bond acceptors (Lipinski definition) is 4. The van der Waals surface area contributed by atoms with Crippen molar-refractivity contribution in [2.45, 2.75) is 12.8 Å². The number of rotatable bonds is 5. The van der Waals surface area contributed by atoms with Gasteiger partial charge in [-0.25, -0.2) is 0 Å². The maximum Gasteiger partial charge on any atom is 0.248 e. The fraction of sp³-hybridized carbons (Fsp3) is 0.438. The Labute approximate surface area is 130 Å². The van der Waals surface area contributed by atoms with E-state index in [1.807, 2.05) is 48.0 Å². The second-order valence-corrected chi connectivity index (χ2v) is 6.32. The van der Waals surface area contributed by atoms with E-state index in [2.05, 4.69) is 5.32 Å². The third kappa shape index (κ3) is 5.10. The van der Waals surface area contributed by atoms with Crippen LogP contribution in [0.2, 0.25) is 0 Å². The number of thioether (sulfide) groups is 1. The first kappa shape index (κ1) is 15.9. The summed E-state index contributed by atoms with van der Waals surface area (Å²) in [6.45, 7) is 0.719. The molecule has 2 N–H and O–H groups in total. The fourth-order valence-corrected chi connectivity index (χ4v) is 3.24. The molecule has 0 aliphatic carbocycles. The maximum absolute atomic E-state index is 12.0. The van der Waals surface area contributed by atoms with Crippen LogP contribution < -0.4 is 10.2 Å². The van der Waals surface area contributed by atoms with Gasteiger partial charge >= 0.3 is 0 Å². The number of amides is 1. The van der Waals surface area contributed by atoms with Crippen molar-refractivity contribution in [3.05, 3.63) is 35.9 Å². The minimum atomic E-state index is -0.0478. The fourth-order valence-electron chi connectivity index (χ4n) is 2.22. The molecule has 0 atom stereocenters. The summed E-state index contributed by atoms with van der Waals surface area (Å²) in [6, 6.07) is 7.65. The van der Waals surface area contributed by atoms with Crippen molar-refractivity contribution >= 4 is 29.0 Å². The summed E-state index contributed by atoms with van der Waals surface area (Å²) in [5.74, 6) is 2.18. The lowest BCUT2D eigenvalue weighted by atomic mass is 10.1. The van der Waals surface area contributed by atoms with Gasteiger partial charge in [0.2, 0.25) is 5.91 Å². The Morgan fingerprint density at radius 1 is 1.33 bits per heavy atom. The van der Waals surface area contributed by atoms with E-state index < -0.39 is 0 Å². The number of carbonyl (C=O) groups is 1. The standard InChI is InChI=1S/C16H22N2O2S/c1-18(8-9-19)15-4-2-14(3-5-15)17-16(20)12-13-6-10-21-11-7-13/h2-5,12,19H,6-11H2,1H3,(H,17,20). The predicted octanol–water partition coefficient (Wildman–Crippen LogP) is 2.51. The van der Waals surface area contributed by atoms with E-state index in [4.69, 9.17) is 5.11 Å². The normalized spacial score (nSPS) is 14.7. The molecule has 1 saturated heterocycles. The summed E-state index contributed by atoms with van der Waals surface area (Å²) in [4.78, 5) is 13.9. The number of likely N-dealkylation sites (N-methyl/N-ethyl adjacent to an activating group) is 1. The van der Waals surface area contributed by atoms with E-state index in [1.54, 1.807) is 6.08 Å². The third-order valence-corrected chi connectivity index (χ3v) is 4.47. The largest absolute Gasteiger partial charge is 0.395 e. The highest BCUT2D eigenvalue weighted by Gasteiger charge is 2.08. The van der Waals surface area contributed by atoms with E-state index >= 15 is 0 Å². The zero-order valence-corrected chi connectivity index (χ0v) is 13.2. The number of nitrogens with one attached hydrogen (secondary N) is 1. The molecule has 2 rings (SSSR count). The van der Waals surface area contributed by atoms with Gasteiger partial charge < -0.3 is 15.3 Å². The molecule has 0 radical (unpaired) electrons. The van der Waals surface area contributed by atoms with Crippen molar-refractivity contribution in [1.29, 1.82) is 0 Å². The van der Waals surface area contributed by atoms with Gasteiger partial charge in [0.1, 0.15) is 0 Å². The first-order valence-electron chi connectivity index (χ1n) is 7.19. The summed E-state index contributed by atoms with van der Waals surface area (Å²) >= 11 is 1.94. The third-order valence-electron chi connectivity index (χ3n) is 3.48. The van der Waals surface area contributed by atoms with Crippen LogP contribution in [0.4, 0.5) is 11.4 Å². The van der Waals surface area contributed by atoms with Gasteiger partial charge in [0.25, 0.3) is 0 Å². The molecule has 1 aromatic rings. The molecule has 0 aromatic heterocycles. The number of allylic oxidation sites excluding steroid dienone is 1. The highest BCUT2D eigenvalue weighted by atomic mass is 32.2. The predicted molar refractivity (Wildman–Crippen MR) is 90.1 cm³/mol. The quantitative estimate of drug-likeness (QED) is 0.821. The zero-order valence-electron chi connectivity index (χ0n) is 12.3.